The van der Waals surface area contributed by atoms with Gasteiger partial charge in [-0.15, -0.1) is 21.5 Å². The minimum absolute atomic E-state index is 0.202. The van der Waals surface area contributed by atoms with Crippen LogP contribution in [0.3, 0.4) is 0 Å². The Morgan fingerprint density at radius 3 is 2.96 bits per heavy atom. The highest BCUT2D eigenvalue weighted by Crippen LogP contribution is 2.38. The lowest BCUT2D eigenvalue weighted by Crippen LogP contribution is -2.40. The van der Waals surface area contributed by atoms with Crippen molar-refractivity contribution in [3.63, 3.8) is 0 Å². The maximum atomic E-state index is 12.7. The lowest BCUT2D eigenvalue weighted by atomic mass is 9.97. The second-order valence-corrected chi connectivity index (χ2v) is 10.1. The second-order valence-electron chi connectivity index (χ2n) is 8.07. The van der Waals surface area contributed by atoms with E-state index < -0.39 is 0 Å². The van der Waals surface area contributed by atoms with Gasteiger partial charge in [-0.25, -0.2) is 4.98 Å². The first kappa shape index (κ1) is 18.4. The quantitative estimate of drug-likeness (QED) is 0.608. The number of amides is 1. The van der Waals surface area contributed by atoms with Gasteiger partial charge >= 0.3 is 0 Å². The Hall–Kier alpha value is -1.67. The van der Waals surface area contributed by atoms with E-state index in [9.17, 15) is 4.79 Å². The maximum absolute atomic E-state index is 12.7. The zero-order valence-electron chi connectivity index (χ0n) is 16.4. The first-order chi connectivity index (χ1) is 13.6. The summed E-state index contributed by atoms with van der Waals surface area (Å²) < 4.78 is 2.04. The number of rotatable bonds is 3. The lowest BCUT2D eigenvalue weighted by molar-refractivity contribution is -0.130. The molecule has 1 aliphatic carbocycles. The van der Waals surface area contributed by atoms with E-state index in [0.717, 1.165) is 53.8 Å². The summed E-state index contributed by atoms with van der Waals surface area (Å²) >= 11 is 3.30. The highest BCUT2D eigenvalue weighted by Gasteiger charge is 2.24. The van der Waals surface area contributed by atoms with Crippen molar-refractivity contribution in [3.8, 4) is 0 Å². The van der Waals surface area contributed by atoms with Crippen molar-refractivity contribution in [1.82, 2.24) is 24.5 Å². The molecule has 6 nitrogen and oxygen atoms in total. The minimum atomic E-state index is 0.202. The van der Waals surface area contributed by atoms with Crippen LogP contribution in [-0.2, 0) is 17.6 Å². The number of hydrogen-bond acceptors (Lipinski definition) is 6. The van der Waals surface area contributed by atoms with Crippen molar-refractivity contribution >= 4 is 44.9 Å². The Labute approximate surface area is 172 Å². The number of carbonyl (C=O) groups is 1. The van der Waals surface area contributed by atoms with Crippen molar-refractivity contribution < 1.29 is 4.79 Å². The molecule has 1 fully saturated rings. The first-order valence-electron chi connectivity index (χ1n) is 10.2. The number of thiophene rings is 1. The van der Waals surface area contributed by atoms with Gasteiger partial charge < -0.3 is 4.90 Å². The Morgan fingerprint density at radius 1 is 1.25 bits per heavy atom. The zero-order valence-corrected chi connectivity index (χ0v) is 18.0. The third kappa shape index (κ3) is 3.10. The highest BCUT2D eigenvalue weighted by atomic mass is 32.2. The molecule has 28 heavy (non-hydrogen) atoms. The summed E-state index contributed by atoms with van der Waals surface area (Å²) in [5.41, 5.74) is 2.33. The largest absolute Gasteiger partial charge is 0.342 e. The Balaban J connectivity index is 1.45. The Kier molecular flexibility index (Phi) is 4.79. The van der Waals surface area contributed by atoms with E-state index >= 15 is 0 Å². The fraction of sp³-hybridized carbons (Fsp3) is 0.600. The summed E-state index contributed by atoms with van der Waals surface area (Å²) in [6, 6.07) is 0. The number of fused-ring (bicyclic) bond motifs is 5. The van der Waals surface area contributed by atoms with Crippen molar-refractivity contribution in [1.29, 1.82) is 0 Å². The van der Waals surface area contributed by atoms with Crippen LogP contribution in [0.4, 0.5) is 0 Å². The molecule has 3 aromatic rings. The van der Waals surface area contributed by atoms with Gasteiger partial charge in [0.1, 0.15) is 10.7 Å². The molecule has 3 aromatic heterocycles. The third-order valence-corrected chi connectivity index (χ3v) is 8.03. The highest BCUT2D eigenvalue weighted by molar-refractivity contribution is 7.99. The molecular weight excluding hydrogens is 390 g/mol. The average molecular weight is 416 g/mol. The number of hydrogen-bond donors (Lipinski definition) is 0. The van der Waals surface area contributed by atoms with Crippen LogP contribution in [0.5, 0.6) is 0 Å². The van der Waals surface area contributed by atoms with Crippen LogP contribution >= 0.6 is 23.1 Å². The summed E-state index contributed by atoms with van der Waals surface area (Å²) in [5, 5.41) is 10.9. The number of thioether (sulfide) groups is 1. The smallest absolute Gasteiger partial charge is 0.233 e. The first-order valence-corrected chi connectivity index (χ1v) is 12.0. The fourth-order valence-corrected chi connectivity index (χ4v) is 6.69. The van der Waals surface area contributed by atoms with Crippen molar-refractivity contribution in [2.24, 2.45) is 5.92 Å². The molecule has 0 aromatic carbocycles. The molecular formula is C20H25N5OS2. The van der Waals surface area contributed by atoms with Gasteiger partial charge in [-0.2, -0.15) is 0 Å². The van der Waals surface area contributed by atoms with E-state index in [-0.39, 0.29) is 5.91 Å². The van der Waals surface area contributed by atoms with E-state index in [2.05, 4.69) is 17.1 Å². The summed E-state index contributed by atoms with van der Waals surface area (Å²) in [6.07, 6.45) is 7.08. The van der Waals surface area contributed by atoms with Crippen LogP contribution in [0, 0.1) is 12.8 Å². The number of likely N-dealkylation sites (tertiary alicyclic amines) is 1. The van der Waals surface area contributed by atoms with Crippen LogP contribution < -0.4 is 0 Å². The lowest BCUT2D eigenvalue weighted by Gasteiger charge is -2.30. The summed E-state index contributed by atoms with van der Waals surface area (Å²) in [4.78, 5) is 22.1. The molecule has 0 saturated carbocycles. The summed E-state index contributed by atoms with van der Waals surface area (Å²) in [5.74, 6) is 2.11. The van der Waals surface area contributed by atoms with Gasteiger partial charge in [0.2, 0.25) is 5.91 Å². The topological polar surface area (TPSA) is 63.4 Å². The molecule has 2 aliphatic rings. The molecule has 0 N–H and O–H groups in total. The molecule has 1 aliphatic heterocycles. The predicted octanol–water partition coefficient (Wildman–Crippen LogP) is 3.88. The molecule has 1 atom stereocenters. The third-order valence-electron chi connectivity index (χ3n) is 5.93. The van der Waals surface area contributed by atoms with Crippen LogP contribution in [-0.4, -0.2) is 49.2 Å². The maximum Gasteiger partial charge on any atom is 0.233 e. The van der Waals surface area contributed by atoms with Gasteiger partial charge in [0, 0.05) is 18.0 Å². The minimum Gasteiger partial charge on any atom is -0.342 e. The van der Waals surface area contributed by atoms with E-state index in [1.807, 2.05) is 27.6 Å². The van der Waals surface area contributed by atoms with E-state index in [4.69, 9.17) is 4.98 Å². The number of nitrogens with zero attached hydrogens (tertiary/aromatic N) is 5. The van der Waals surface area contributed by atoms with Gasteiger partial charge in [0.05, 0.1) is 11.1 Å². The van der Waals surface area contributed by atoms with Crippen molar-refractivity contribution in [3.05, 3.63) is 16.3 Å². The van der Waals surface area contributed by atoms with Gasteiger partial charge in [-0.3, -0.25) is 9.20 Å². The van der Waals surface area contributed by atoms with E-state index in [1.165, 1.54) is 46.9 Å². The number of aromatic nitrogens is 4. The van der Waals surface area contributed by atoms with Crippen LogP contribution in [0.25, 0.3) is 15.9 Å². The molecule has 0 unspecified atom stereocenters. The van der Waals surface area contributed by atoms with Crippen LogP contribution in [0.15, 0.2) is 5.16 Å². The SMILES string of the molecule is Cc1nc2sc3c(c2c2nnc(SCC(=O)N4CCC[C@@H](C)C4)n12)CCCC3. The molecule has 5 rings (SSSR count). The monoisotopic (exact) mass is 415 g/mol. The average Bonchev–Trinajstić information content (AvgIpc) is 3.27. The molecule has 0 bridgehead atoms. The van der Waals surface area contributed by atoms with E-state index in [0.29, 0.717) is 11.7 Å². The second kappa shape index (κ2) is 7.30. The summed E-state index contributed by atoms with van der Waals surface area (Å²) in [7, 11) is 0. The standard InChI is InChI=1S/C20H25N5OS2/c1-12-6-5-9-24(10-12)16(26)11-27-20-23-22-18-17-14-7-3-4-8-15(14)28-19(17)21-13(2)25(18)20/h12H,3-11H2,1-2H3/t12-/m1/s1. The van der Waals surface area contributed by atoms with Crippen molar-refractivity contribution in [2.75, 3.05) is 18.8 Å². The molecule has 1 saturated heterocycles. The zero-order chi connectivity index (χ0) is 19.3. The van der Waals surface area contributed by atoms with Gasteiger partial charge in [0.25, 0.3) is 0 Å². The Bertz CT molecular complexity index is 1060. The van der Waals surface area contributed by atoms with Crippen LogP contribution in [0.1, 0.15) is 48.9 Å². The molecule has 0 spiro atoms. The fourth-order valence-electron chi connectivity index (χ4n) is 4.51. The van der Waals surface area contributed by atoms with Gasteiger partial charge in [-0.1, -0.05) is 18.7 Å². The predicted molar refractivity (Wildman–Crippen MR) is 113 cm³/mol. The molecule has 148 valence electrons. The molecule has 4 heterocycles. The number of aryl methyl sites for hydroxylation is 3. The number of carbonyl (C=O) groups excluding carboxylic acids is 1. The number of piperidine rings is 1. The van der Waals surface area contributed by atoms with Crippen molar-refractivity contribution in [2.45, 2.75) is 57.5 Å². The molecule has 8 heteroatoms. The molecule has 0 radical (unpaired) electrons. The molecule has 1 amide bonds. The Morgan fingerprint density at radius 2 is 2.11 bits per heavy atom. The summed E-state index contributed by atoms with van der Waals surface area (Å²) in [6.45, 7) is 5.99. The van der Waals surface area contributed by atoms with E-state index in [1.54, 1.807) is 0 Å². The normalized spacial score (nSPS) is 20.1. The van der Waals surface area contributed by atoms with Crippen LogP contribution in [0.2, 0.25) is 0 Å². The van der Waals surface area contributed by atoms with Gasteiger partial charge in [0.15, 0.2) is 10.8 Å². The van der Waals surface area contributed by atoms with Gasteiger partial charge in [-0.05, 0) is 56.9 Å².